The molecule has 0 spiro atoms. The van der Waals surface area contributed by atoms with Gasteiger partial charge in [0.25, 0.3) is 0 Å². The van der Waals surface area contributed by atoms with Crippen molar-refractivity contribution in [3.8, 4) is 0 Å². The molecule has 0 aromatic heterocycles. The van der Waals surface area contributed by atoms with Gasteiger partial charge in [0.15, 0.2) is 0 Å². The Morgan fingerprint density at radius 3 is 2.12 bits per heavy atom. The maximum absolute atomic E-state index is 11.3. The predicted molar refractivity (Wildman–Crippen MR) is 135 cm³/mol. The second kappa shape index (κ2) is 7.33. The van der Waals surface area contributed by atoms with Gasteiger partial charge in [0.2, 0.25) is 0 Å². The van der Waals surface area contributed by atoms with Crippen LogP contribution in [0.15, 0.2) is 11.6 Å². The molecule has 0 unspecified atom stereocenters. The summed E-state index contributed by atoms with van der Waals surface area (Å²) in [5.74, 6) is 1.17. The molecule has 5 aliphatic carbocycles. The Balaban J connectivity index is 1.58. The summed E-state index contributed by atoms with van der Waals surface area (Å²) in [5.41, 5.74) is 0.920. The van der Waals surface area contributed by atoms with Crippen molar-refractivity contribution in [3.05, 3.63) is 11.6 Å². The normalized spacial score (nSPS) is 58.6. The fraction of sp³-hybridized carbons (Fsp3) is 0.933. The Hall–Kier alpha value is -0.420. The van der Waals surface area contributed by atoms with Crippen LogP contribution in [0.3, 0.4) is 0 Å². The van der Waals surface area contributed by atoms with Crippen LogP contribution in [-0.2, 0) is 0 Å². The monoisotopic (exact) mass is 474 g/mol. The van der Waals surface area contributed by atoms with E-state index in [1.165, 1.54) is 0 Å². The molecular weight excluding hydrogens is 424 g/mol. The first-order valence-corrected chi connectivity index (χ1v) is 14.0. The van der Waals surface area contributed by atoms with E-state index < -0.39 is 23.7 Å². The Bertz CT molecular complexity index is 881. The second-order valence-electron chi connectivity index (χ2n) is 15.2. The van der Waals surface area contributed by atoms with Gasteiger partial charge in [0, 0.05) is 10.8 Å². The Morgan fingerprint density at radius 2 is 1.47 bits per heavy atom. The van der Waals surface area contributed by atoms with Gasteiger partial charge in [0.05, 0.1) is 24.9 Å². The molecule has 4 N–H and O–H groups in total. The minimum Gasteiger partial charge on any atom is -0.396 e. The second-order valence-corrected chi connectivity index (χ2v) is 15.2. The highest BCUT2D eigenvalue weighted by Gasteiger charge is 2.69. The highest BCUT2D eigenvalue weighted by atomic mass is 16.3. The van der Waals surface area contributed by atoms with E-state index in [-0.39, 0.29) is 33.7 Å². The molecule has 0 aromatic carbocycles. The summed E-state index contributed by atoms with van der Waals surface area (Å²) in [5, 5.41) is 43.6. The van der Waals surface area contributed by atoms with E-state index in [9.17, 15) is 20.4 Å². The zero-order chi connectivity index (χ0) is 25.1. The lowest BCUT2D eigenvalue weighted by atomic mass is 9.33. The molecule has 0 radical (unpaired) electrons. The smallest absolute Gasteiger partial charge is 0.0863 e. The molecule has 5 aliphatic rings. The van der Waals surface area contributed by atoms with Crippen LogP contribution in [0.4, 0.5) is 0 Å². The van der Waals surface area contributed by atoms with Crippen LogP contribution in [0.1, 0.15) is 99.8 Å². The standard InChI is InChI=1S/C30H50O4/c1-25(2)16-19-18-8-9-21-27(4)12-11-22(32)28(5,17-31)20(27)10-13-30(21,7)29(18,6)15-14-26(19,3)24(34)23(25)33/h8,19-24,31-34H,9-17H2,1-7H3/t19-,20-,21-,22+,23+,24-,26+,27-,28-,29-,30+/m1/s1. The minimum absolute atomic E-state index is 0.0614. The summed E-state index contributed by atoms with van der Waals surface area (Å²) in [6, 6.07) is 0. The summed E-state index contributed by atoms with van der Waals surface area (Å²) < 4.78 is 0. The van der Waals surface area contributed by atoms with Crippen LogP contribution >= 0.6 is 0 Å². The van der Waals surface area contributed by atoms with Gasteiger partial charge in [-0.05, 0) is 90.8 Å². The fourth-order valence-electron chi connectivity index (χ4n) is 10.7. The van der Waals surface area contributed by atoms with Crippen molar-refractivity contribution in [2.45, 2.75) is 118 Å². The van der Waals surface area contributed by atoms with E-state index in [0.29, 0.717) is 17.8 Å². The Labute approximate surface area is 207 Å². The molecule has 11 atom stereocenters. The average molecular weight is 475 g/mol. The third-order valence-corrected chi connectivity index (χ3v) is 13.5. The molecule has 4 fully saturated rings. The molecule has 194 valence electrons. The average Bonchev–Trinajstić information content (AvgIpc) is 2.77. The van der Waals surface area contributed by atoms with E-state index in [1.807, 2.05) is 0 Å². The molecule has 0 amide bonds. The first kappa shape index (κ1) is 25.2. The highest BCUT2D eigenvalue weighted by molar-refractivity contribution is 5.34. The zero-order valence-electron chi connectivity index (χ0n) is 22.7. The lowest BCUT2D eigenvalue weighted by Crippen LogP contribution is -2.67. The van der Waals surface area contributed by atoms with Gasteiger partial charge < -0.3 is 20.4 Å². The molecule has 0 heterocycles. The fourth-order valence-corrected chi connectivity index (χ4v) is 10.7. The number of hydrogen-bond donors (Lipinski definition) is 4. The molecular formula is C30H50O4. The van der Waals surface area contributed by atoms with Gasteiger partial charge in [-0.15, -0.1) is 0 Å². The number of allylic oxidation sites excluding steroid dienone is 2. The summed E-state index contributed by atoms with van der Waals surface area (Å²) in [6.07, 6.45) is 8.79. The minimum atomic E-state index is -0.685. The van der Waals surface area contributed by atoms with E-state index in [0.717, 1.165) is 51.4 Å². The van der Waals surface area contributed by atoms with E-state index in [2.05, 4.69) is 54.5 Å². The first-order chi connectivity index (χ1) is 15.6. The summed E-state index contributed by atoms with van der Waals surface area (Å²) >= 11 is 0. The number of rotatable bonds is 1. The molecule has 34 heavy (non-hydrogen) atoms. The van der Waals surface area contributed by atoms with Crippen LogP contribution in [-0.4, -0.2) is 45.3 Å². The highest BCUT2D eigenvalue weighted by Crippen LogP contribution is 2.75. The molecule has 4 heteroatoms. The summed E-state index contributed by atoms with van der Waals surface area (Å²) in [6.45, 7) is 16.2. The molecule has 4 nitrogen and oxygen atoms in total. The number of aliphatic hydroxyl groups is 4. The van der Waals surface area contributed by atoms with E-state index >= 15 is 0 Å². The van der Waals surface area contributed by atoms with Crippen LogP contribution < -0.4 is 0 Å². The maximum atomic E-state index is 11.3. The van der Waals surface area contributed by atoms with Crippen molar-refractivity contribution < 1.29 is 20.4 Å². The Kier molecular flexibility index (Phi) is 5.44. The molecule has 0 saturated heterocycles. The maximum Gasteiger partial charge on any atom is 0.0863 e. The third-order valence-electron chi connectivity index (χ3n) is 13.5. The largest absolute Gasteiger partial charge is 0.396 e. The first-order valence-electron chi connectivity index (χ1n) is 14.0. The summed E-state index contributed by atoms with van der Waals surface area (Å²) in [7, 11) is 0. The molecule has 5 rings (SSSR count). The van der Waals surface area contributed by atoms with Crippen LogP contribution in [0, 0.1) is 50.2 Å². The van der Waals surface area contributed by atoms with Crippen LogP contribution in [0.2, 0.25) is 0 Å². The van der Waals surface area contributed by atoms with Crippen molar-refractivity contribution in [1.29, 1.82) is 0 Å². The van der Waals surface area contributed by atoms with Gasteiger partial charge in [-0.3, -0.25) is 0 Å². The number of fused-ring (bicyclic) bond motifs is 7. The third kappa shape index (κ3) is 2.81. The van der Waals surface area contributed by atoms with Gasteiger partial charge in [-0.2, -0.15) is 0 Å². The topological polar surface area (TPSA) is 80.9 Å². The van der Waals surface area contributed by atoms with Crippen LogP contribution in [0.25, 0.3) is 0 Å². The zero-order valence-corrected chi connectivity index (χ0v) is 22.7. The molecule has 0 aliphatic heterocycles. The van der Waals surface area contributed by atoms with E-state index in [1.54, 1.807) is 5.57 Å². The Morgan fingerprint density at radius 1 is 0.794 bits per heavy atom. The molecule has 0 aromatic rings. The SMILES string of the molecule is CC1(C)C[C@@H]2C3=CC[C@@H]4[C@]5(C)CC[C@H](O)[C@](C)(CO)[C@@H]5CC[C@]4(C)[C@]3(C)CC[C@]2(C)[C@H](O)[C@@H]1O. The predicted octanol–water partition coefficient (Wildman–Crippen LogP) is 5.08. The van der Waals surface area contributed by atoms with Crippen molar-refractivity contribution in [2.75, 3.05) is 6.61 Å². The van der Waals surface area contributed by atoms with Crippen molar-refractivity contribution in [1.82, 2.24) is 0 Å². The van der Waals surface area contributed by atoms with Gasteiger partial charge in [0.1, 0.15) is 0 Å². The van der Waals surface area contributed by atoms with Crippen LogP contribution in [0.5, 0.6) is 0 Å². The van der Waals surface area contributed by atoms with E-state index in [4.69, 9.17) is 0 Å². The summed E-state index contributed by atoms with van der Waals surface area (Å²) in [4.78, 5) is 0. The lowest BCUT2D eigenvalue weighted by molar-refractivity contribution is -0.225. The molecule has 4 saturated carbocycles. The number of hydrogen-bond acceptors (Lipinski definition) is 4. The van der Waals surface area contributed by atoms with Gasteiger partial charge >= 0.3 is 0 Å². The van der Waals surface area contributed by atoms with Gasteiger partial charge in [-0.1, -0.05) is 60.1 Å². The lowest BCUT2D eigenvalue weighted by Gasteiger charge is -2.72. The van der Waals surface area contributed by atoms with Crippen molar-refractivity contribution in [2.24, 2.45) is 50.2 Å². The van der Waals surface area contributed by atoms with Crippen molar-refractivity contribution in [3.63, 3.8) is 0 Å². The quantitative estimate of drug-likeness (QED) is 0.399. The van der Waals surface area contributed by atoms with Crippen molar-refractivity contribution >= 4 is 0 Å². The number of aliphatic hydroxyl groups excluding tert-OH is 4. The van der Waals surface area contributed by atoms with Gasteiger partial charge in [-0.25, -0.2) is 0 Å². The molecule has 0 bridgehead atoms.